The van der Waals surface area contributed by atoms with Crippen LogP contribution in [0.15, 0.2) is 20.0 Å². The highest BCUT2D eigenvalue weighted by Gasteiger charge is 2.62. The summed E-state index contributed by atoms with van der Waals surface area (Å²) in [6, 6.07) is 0. The molecule has 2 aliphatic heterocycles. The maximum absolute atomic E-state index is 12.6. The standard InChI is InChI=1S/C6H4F3N5/c7-6(8,9)5-3(11-1-13-5)4(10)12-2-14-5/h1-2H,(H2,10,12,14). The van der Waals surface area contributed by atoms with E-state index in [0.717, 1.165) is 12.7 Å². The van der Waals surface area contributed by atoms with Crippen molar-refractivity contribution in [1.29, 1.82) is 0 Å². The Morgan fingerprint density at radius 2 is 1.71 bits per heavy atom. The third-order valence-electron chi connectivity index (χ3n) is 1.84. The molecule has 0 saturated heterocycles. The highest BCUT2D eigenvalue weighted by molar-refractivity contribution is 6.48. The van der Waals surface area contributed by atoms with Gasteiger partial charge in [-0.2, -0.15) is 13.2 Å². The first-order chi connectivity index (χ1) is 6.47. The lowest BCUT2D eigenvalue weighted by Gasteiger charge is -2.27. The van der Waals surface area contributed by atoms with Crippen LogP contribution in [0.5, 0.6) is 0 Å². The summed E-state index contributed by atoms with van der Waals surface area (Å²) in [5.41, 5.74) is 2.12. The summed E-state index contributed by atoms with van der Waals surface area (Å²) in [5, 5.41) is 0. The number of aliphatic imine (C=N–C) groups is 4. The van der Waals surface area contributed by atoms with Gasteiger partial charge >= 0.3 is 6.18 Å². The van der Waals surface area contributed by atoms with Crippen LogP contribution >= 0.6 is 0 Å². The fraction of sp³-hybridized carbons (Fsp3) is 0.333. The summed E-state index contributed by atoms with van der Waals surface area (Å²) in [7, 11) is 0. The summed E-state index contributed by atoms with van der Waals surface area (Å²) < 4.78 is 37.9. The van der Waals surface area contributed by atoms with Crippen molar-refractivity contribution in [2.24, 2.45) is 25.7 Å². The number of amidine groups is 1. The molecular formula is C6H4F3N5. The summed E-state index contributed by atoms with van der Waals surface area (Å²) >= 11 is 0. The number of alkyl halides is 3. The Hall–Kier alpha value is -1.73. The van der Waals surface area contributed by atoms with Crippen molar-refractivity contribution in [2.75, 3.05) is 0 Å². The zero-order chi connectivity index (χ0) is 10.4. The molecule has 0 radical (unpaired) electrons. The molecule has 0 aliphatic carbocycles. The molecule has 0 aromatic rings. The molecule has 0 amide bonds. The van der Waals surface area contributed by atoms with Crippen LogP contribution in [0.25, 0.3) is 0 Å². The quantitative estimate of drug-likeness (QED) is 0.596. The van der Waals surface area contributed by atoms with Crippen LogP contribution in [0, 0.1) is 0 Å². The molecule has 2 aliphatic rings. The summed E-state index contributed by atoms with van der Waals surface area (Å²) in [4.78, 5) is 13.2. The molecule has 5 nitrogen and oxygen atoms in total. The van der Waals surface area contributed by atoms with Crippen LogP contribution < -0.4 is 5.73 Å². The molecule has 14 heavy (non-hydrogen) atoms. The Bertz CT molecular complexity index is 391. The van der Waals surface area contributed by atoms with Crippen molar-refractivity contribution in [3.8, 4) is 0 Å². The number of hydrogen-bond donors (Lipinski definition) is 1. The van der Waals surface area contributed by atoms with Crippen LogP contribution in [-0.2, 0) is 0 Å². The molecule has 0 spiro atoms. The topological polar surface area (TPSA) is 75.5 Å². The zero-order valence-electron chi connectivity index (χ0n) is 6.65. The first-order valence-corrected chi connectivity index (χ1v) is 3.53. The first-order valence-electron chi connectivity index (χ1n) is 3.53. The molecule has 0 aromatic heterocycles. The van der Waals surface area contributed by atoms with Crippen LogP contribution in [0.1, 0.15) is 0 Å². The van der Waals surface area contributed by atoms with E-state index in [-0.39, 0.29) is 5.84 Å². The lowest BCUT2D eigenvalue weighted by atomic mass is 10.0. The Kier molecular flexibility index (Phi) is 1.52. The minimum absolute atomic E-state index is 0.310. The summed E-state index contributed by atoms with van der Waals surface area (Å²) in [6.07, 6.45) is -3.13. The molecule has 2 N–H and O–H groups in total. The molecule has 2 rings (SSSR count). The third-order valence-corrected chi connectivity index (χ3v) is 1.84. The number of nitrogens with zero attached hydrogens (tertiary/aromatic N) is 4. The minimum atomic E-state index is -4.66. The third kappa shape index (κ3) is 0.903. The van der Waals surface area contributed by atoms with Crippen molar-refractivity contribution in [3.63, 3.8) is 0 Å². The van der Waals surface area contributed by atoms with Gasteiger partial charge < -0.3 is 5.73 Å². The smallest absolute Gasteiger partial charge is 0.382 e. The van der Waals surface area contributed by atoms with Gasteiger partial charge in [0.05, 0.1) is 0 Å². The second-order valence-electron chi connectivity index (χ2n) is 2.65. The number of fused-ring (bicyclic) bond motifs is 1. The van der Waals surface area contributed by atoms with E-state index in [9.17, 15) is 13.2 Å². The molecule has 1 atom stereocenters. The number of rotatable bonds is 0. The van der Waals surface area contributed by atoms with Gasteiger partial charge in [-0.25, -0.2) is 20.0 Å². The Labute approximate surface area is 76.0 Å². The Balaban J connectivity index is 2.57. The first kappa shape index (κ1) is 8.85. The minimum Gasteiger partial charge on any atom is -0.382 e. The Morgan fingerprint density at radius 3 is 2.21 bits per heavy atom. The van der Waals surface area contributed by atoms with Gasteiger partial charge in [0.25, 0.3) is 5.66 Å². The largest absolute Gasteiger partial charge is 0.440 e. The van der Waals surface area contributed by atoms with Crippen LogP contribution in [0.4, 0.5) is 13.2 Å². The predicted molar refractivity (Wildman–Crippen MR) is 44.8 cm³/mol. The van der Waals surface area contributed by atoms with E-state index in [1.54, 1.807) is 0 Å². The van der Waals surface area contributed by atoms with Gasteiger partial charge in [0.15, 0.2) is 5.84 Å². The zero-order valence-corrected chi connectivity index (χ0v) is 6.65. The van der Waals surface area contributed by atoms with E-state index in [1.165, 1.54) is 0 Å². The van der Waals surface area contributed by atoms with E-state index in [2.05, 4.69) is 20.0 Å². The van der Waals surface area contributed by atoms with Crippen molar-refractivity contribution in [3.05, 3.63) is 0 Å². The molecule has 0 saturated carbocycles. The molecule has 2 heterocycles. The van der Waals surface area contributed by atoms with E-state index in [1.807, 2.05) is 0 Å². The van der Waals surface area contributed by atoms with Crippen LogP contribution in [0.3, 0.4) is 0 Å². The number of hydrogen-bond acceptors (Lipinski definition) is 5. The number of halogens is 3. The average Bonchev–Trinajstić information content (AvgIpc) is 2.49. The molecule has 0 aromatic carbocycles. The van der Waals surface area contributed by atoms with Crippen molar-refractivity contribution in [1.82, 2.24) is 0 Å². The summed E-state index contributed by atoms with van der Waals surface area (Å²) in [5.74, 6) is -0.310. The lowest BCUT2D eigenvalue weighted by Crippen LogP contribution is -2.53. The van der Waals surface area contributed by atoms with Gasteiger partial charge in [-0.15, -0.1) is 0 Å². The van der Waals surface area contributed by atoms with E-state index in [0.29, 0.717) is 0 Å². The van der Waals surface area contributed by atoms with Gasteiger partial charge in [0, 0.05) is 0 Å². The average molecular weight is 203 g/mol. The summed E-state index contributed by atoms with van der Waals surface area (Å²) in [6.45, 7) is 0. The van der Waals surface area contributed by atoms with E-state index >= 15 is 0 Å². The maximum atomic E-state index is 12.6. The molecule has 0 bridgehead atoms. The van der Waals surface area contributed by atoms with Gasteiger partial charge in [-0.05, 0) is 0 Å². The van der Waals surface area contributed by atoms with Crippen molar-refractivity contribution in [2.45, 2.75) is 11.8 Å². The Morgan fingerprint density at radius 1 is 1.14 bits per heavy atom. The van der Waals surface area contributed by atoms with Gasteiger partial charge in [0.1, 0.15) is 18.4 Å². The molecule has 8 heteroatoms. The highest BCUT2D eigenvalue weighted by atomic mass is 19.4. The van der Waals surface area contributed by atoms with Crippen LogP contribution in [0.2, 0.25) is 0 Å². The maximum Gasteiger partial charge on any atom is 0.440 e. The van der Waals surface area contributed by atoms with Gasteiger partial charge in [-0.1, -0.05) is 0 Å². The molecule has 74 valence electrons. The molecule has 1 unspecified atom stereocenters. The van der Waals surface area contributed by atoms with Gasteiger partial charge in [-0.3, -0.25) is 0 Å². The predicted octanol–water partition coefficient (Wildman–Crippen LogP) is 0.127. The normalized spacial score (nSPS) is 29.9. The SMILES string of the molecule is NC1=NC=NC2(C(F)(F)F)N=CN=C12. The number of nitrogens with two attached hydrogens (primary N) is 1. The van der Waals surface area contributed by atoms with Crippen molar-refractivity contribution < 1.29 is 13.2 Å². The molecule has 0 fully saturated rings. The second-order valence-corrected chi connectivity index (χ2v) is 2.65. The monoisotopic (exact) mass is 203 g/mol. The van der Waals surface area contributed by atoms with Crippen LogP contribution in [-0.4, -0.2) is 36.1 Å². The van der Waals surface area contributed by atoms with Crippen molar-refractivity contribution >= 4 is 24.2 Å². The lowest BCUT2D eigenvalue weighted by molar-refractivity contribution is -0.161. The fourth-order valence-electron chi connectivity index (χ4n) is 1.18. The van der Waals surface area contributed by atoms with E-state index < -0.39 is 17.6 Å². The van der Waals surface area contributed by atoms with Gasteiger partial charge in [0.2, 0.25) is 0 Å². The van der Waals surface area contributed by atoms with E-state index in [4.69, 9.17) is 5.73 Å². The highest BCUT2D eigenvalue weighted by Crippen LogP contribution is 2.39. The molecular weight excluding hydrogens is 199 g/mol. The fourth-order valence-corrected chi connectivity index (χ4v) is 1.18. The second kappa shape index (κ2) is 2.40.